The predicted octanol–water partition coefficient (Wildman–Crippen LogP) is 6.56. The molecule has 6 nitrogen and oxygen atoms in total. The maximum Gasteiger partial charge on any atom is 0.407 e. The van der Waals surface area contributed by atoms with Crippen LogP contribution in [0.5, 0.6) is 0 Å². The predicted molar refractivity (Wildman–Crippen MR) is 154 cm³/mol. The number of aryl methyl sites for hydroxylation is 1. The summed E-state index contributed by atoms with van der Waals surface area (Å²) in [6, 6.07) is 31.1. The molecular formula is C33H29N3O3. The Morgan fingerprint density at radius 3 is 2.31 bits per heavy atom. The zero-order chi connectivity index (χ0) is 26.8. The van der Waals surface area contributed by atoms with E-state index in [4.69, 9.17) is 4.74 Å². The van der Waals surface area contributed by atoms with Crippen molar-refractivity contribution in [2.45, 2.75) is 25.3 Å². The average molecular weight is 516 g/mol. The molecular weight excluding hydrogens is 486 g/mol. The number of alkyl carbamates (subject to hydrolysis) is 1. The molecule has 0 saturated carbocycles. The van der Waals surface area contributed by atoms with E-state index in [1.165, 1.54) is 0 Å². The number of para-hydroxylation sites is 1. The topological polar surface area (TPSA) is 83.2 Å². The lowest BCUT2D eigenvalue weighted by atomic mass is 9.98. The van der Waals surface area contributed by atoms with Gasteiger partial charge in [-0.15, -0.1) is 0 Å². The number of anilines is 1. The van der Waals surface area contributed by atoms with E-state index in [0.29, 0.717) is 12.1 Å². The number of hydrogen-bond donors (Lipinski definition) is 3. The highest BCUT2D eigenvalue weighted by Crippen LogP contribution is 2.44. The summed E-state index contributed by atoms with van der Waals surface area (Å²) in [4.78, 5) is 29.8. The van der Waals surface area contributed by atoms with Crippen LogP contribution >= 0.6 is 0 Å². The Labute approximate surface area is 227 Å². The van der Waals surface area contributed by atoms with Crippen LogP contribution < -0.4 is 10.6 Å². The number of amides is 2. The lowest BCUT2D eigenvalue weighted by molar-refractivity contribution is -0.118. The first kappa shape index (κ1) is 24.5. The fourth-order valence-corrected chi connectivity index (χ4v) is 5.46. The lowest BCUT2D eigenvalue weighted by Crippen LogP contribution is -2.45. The molecule has 0 spiro atoms. The van der Waals surface area contributed by atoms with Crippen molar-refractivity contribution in [2.24, 2.45) is 0 Å². The van der Waals surface area contributed by atoms with E-state index in [9.17, 15) is 9.59 Å². The first-order chi connectivity index (χ1) is 19.1. The van der Waals surface area contributed by atoms with Crippen molar-refractivity contribution in [3.63, 3.8) is 0 Å². The SMILES string of the molecule is Cc1cccc(NC(=O)[C@@H](Cc2c[nH]c3ccccc23)NC(=O)OCC2c3ccccc3-c3ccccc32)c1. The van der Waals surface area contributed by atoms with Crippen molar-refractivity contribution in [1.29, 1.82) is 0 Å². The molecule has 6 rings (SSSR count). The van der Waals surface area contributed by atoms with Gasteiger partial charge in [0.25, 0.3) is 0 Å². The number of carbonyl (C=O) groups is 2. The van der Waals surface area contributed by atoms with Crippen molar-refractivity contribution in [3.05, 3.63) is 126 Å². The van der Waals surface area contributed by atoms with Crippen LogP contribution in [0.4, 0.5) is 10.5 Å². The summed E-state index contributed by atoms with van der Waals surface area (Å²) in [7, 11) is 0. The summed E-state index contributed by atoms with van der Waals surface area (Å²) in [5.41, 5.74) is 8.23. The molecule has 1 aliphatic rings. The number of rotatable bonds is 7. The van der Waals surface area contributed by atoms with Gasteiger partial charge in [-0.3, -0.25) is 4.79 Å². The number of aromatic amines is 1. The summed E-state index contributed by atoms with van der Waals surface area (Å²) < 4.78 is 5.76. The van der Waals surface area contributed by atoms with Gasteiger partial charge in [0.15, 0.2) is 0 Å². The van der Waals surface area contributed by atoms with Crippen LogP contribution in [0.3, 0.4) is 0 Å². The van der Waals surface area contributed by atoms with E-state index in [0.717, 1.165) is 44.3 Å². The number of fused-ring (bicyclic) bond motifs is 4. The summed E-state index contributed by atoms with van der Waals surface area (Å²) in [5.74, 6) is -0.365. The van der Waals surface area contributed by atoms with Crippen molar-refractivity contribution in [2.75, 3.05) is 11.9 Å². The van der Waals surface area contributed by atoms with Crippen LogP contribution in [-0.4, -0.2) is 29.6 Å². The van der Waals surface area contributed by atoms with E-state index >= 15 is 0 Å². The Morgan fingerprint density at radius 1 is 0.872 bits per heavy atom. The van der Waals surface area contributed by atoms with Crippen molar-refractivity contribution in [3.8, 4) is 11.1 Å². The minimum atomic E-state index is -0.833. The molecule has 0 bridgehead atoms. The zero-order valence-electron chi connectivity index (χ0n) is 21.6. The first-order valence-corrected chi connectivity index (χ1v) is 13.1. The minimum Gasteiger partial charge on any atom is -0.449 e. The molecule has 0 aliphatic heterocycles. The van der Waals surface area contributed by atoms with Crippen molar-refractivity contribution >= 4 is 28.6 Å². The minimum absolute atomic E-state index is 0.0589. The van der Waals surface area contributed by atoms with E-state index in [1.807, 2.05) is 85.9 Å². The van der Waals surface area contributed by atoms with Crippen LogP contribution in [0, 0.1) is 6.92 Å². The van der Waals surface area contributed by atoms with Gasteiger partial charge in [0.05, 0.1) is 0 Å². The molecule has 3 N–H and O–H groups in total. The molecule has 194 valence electrons. The molecule has 5 aromatic rings. The molecule has 1 aliphatic carbocycles. The normalized spacial score (nSPS) is 12.9. The van der Waals surface area contributed by atoms with E-state index in [2.05, 4.69) is 39.9 Å². The van der Waals surface area contributed by atoms with Gasteiger partial charge < -0.3 is 20.4 Å². The average Bonchev–Trinajstić information content (AvgIpc) is 3.50. The third-order valence-corrected chi connectivity index (χ3v) is 7.34. The molecule has 4 aromatic carbocycles. The smallest absolute Gasteiger partial charge is 0.407 e. The Kier molecular flexibility index (Phi) is 6.59. The second-order valence-corrected chi connectivity index (χ2v) is 9.94. The quantitative estimate of drug-likeness (QED) is 0.229. The van der Waals surface area contributed by atoms with E-state index in [1.54, 1.807) is 0 Å². The first-order valence-electron chi connectivity index (χ1n) is 13.1. The molecule has 0 saturated heterocycles. The summed E-state index contributed by atoms with van der Waals surface area (Å²) >= 11 is 0. The van der Waals surface area contributed by atoms with Gasteiger partial charge in [0.2, 0.25) is 5.91 Å². The van der Waals surface area contributed by atoms with Gasteiger partial charge in [0.1, 0.15) is 12.6 Å². The third-order valence-electron chi connectivity index (χ3n) is 7.34. The number of benzene rings is 4. The number of aromatic nitrogens is 1. The number of H-pyrrole nitrogens is 1. The van der Waals surface area contributed by atoms with Gasteiger partial charge in [-0.25, -0.2) is 4.79 Å². The highest BCUT2D eigenvalue weighted by atomic mass is 16.5. The van der Waals surface area contributed by atoms with Crippen LogP contribution in [0.2, 0.25) is 0 Å². The Morgan fingerprint density at radius 2 is 1.56 bits per heavy atom. The molecule has 39 heavy (non-hydrogen) atoms. The van der Waals surface area contributed by atoms with Crippen LogP contribution in [-0.2, 0) is 16.0 Å². The molecule has 1 aromatic heterocycles. The summed E-state index contributed by atoms with van der Waals surface area (Å²) in [6.07, 6.45) is 1.57. The van der Waals surface area contributed by atoms with Gasteiger partial charge >= 0.3 is 6.09 Å². The molecule has 1 heterocycles. The van der Waals surface area contributed by atoms with Crippen molar-refractivity contribution < 1.29 is 14.3 Å². The zero-order valence-corrected chi connectivity index (χ0v) is 21.6. The number of nitrogens with one attached hydrogen (secondary N) is 3. The second kappa shape index (κ2) is 10.5. The number of carbonyl (C=O) groups excluding carboxylic acids is 2. The molecule has 0 unspecified atom stereocenters. The second-order valence-electron chi connectivity index (χ2n) is 9.94. The van der Waals surface area contributed by atoms with E-state index < -0.39 is 12.1 Å². The molecule has 1 atom stereocenters. The lowest BCUT2D eigenvalue weighted by Gasteiger charge is -2.20. The fourth-order valence-electron chi connectivity index (χ4n) is 5.46. The van der Waals surface area contributed by atoms with Crippen molar-refractivity contribution in [1.82, 2.24) is 10.3 Å². The van der Waals surface area contributed by atoms with Crippen LogP contribution in [0.15, 0.2) is 103 Å². The van der Waals surface area contributed by atoms with Gasteiger partial charge in [-0.1, -0.05) is 78.9 Å². The molecule has 0 fully saturated rings. The molecule has 0 radical (unpaired) electrons. The van der Waals surface area contributed by atoms with Crippen LogP contribution in [0.25, 0.3) is 22.0 Å². The van der Waals surface area contributed by atoms with Gasteiger partial charge in [-0.2, -0.15) is 0 Å². The summed E-state index contributed by atoms with van der Waals surface area (Å²) in [5, 5.41) is 6.81. The Balaban J connectivity index is 1.20. The monoisotopic (exact) mass is 515 g/mol. The van der Waals surface area contributed by atoms with E-state index in [-0.39, 0.29) is 18.4 Å². The highest BCUT2D eigenvalue weighted by molar-refractivity contribution is 5.97. The maximum atomic E-state index is 13.4. The third kappa shape index (κ3) is 5.01. The number of hydrogen-bond acceptors (Lipinski definition) is 3. The molecule has 6 heteroatoms. The highest BCUT2D eigenvalue weighted by Gasteiger charge is 2.30. The fraction of sp³-hybridized carbons (Fsp3) is 0.152. The Bertz CT molecular complexity index is 1630. The maximum absolute atomic E-state index is 13.4. The number of ether oxygens (including phenoxy) is 1. The molecule has 2 amide bonds. The summed E-state index contributed by atoms with van der Waals surface area (Å²) in [6.45, 7) is 2.15. The largest absolute Gasteiger partial charge is 0.449 e. The van der Waals surface area contributed by atoms with Crippen LogP contribution in [0.1, 0.15) is 28.2 Å². The van der Waals surface area contributed by atoms with Gasteiger partial charge in [-0.05, 0) is 58.5 Å². The standard InChI is InChI=1S/C33H29N3O3/c1-21-9-8-10-23(17-21)35-32(37)31(18-22-19-34-30-16-7-6-11-24(22)30)36-33(38)39-20-29-27-14-4-2-12-25(27)26-13-3-5-15-28(26)29/h2-17,19,29,31,34H,18,20H2,1H3,(H,35,37)(H,36,38)/t31-/m1/s1. The Hall–Kier alpha value is -4.84. The van der Waals surface area contributed by atoms with Gasteiger partial charge in [0, 0.05) is 35.1 Å².